The van der Waals surface area contributed by atoms with Crippen molar-refractivity contribution in [2.45, 2.75) is 20.0 Å². The van der Waals surface area contributed by atoms with Crippen LogP contribution in [0.25, 0.3) is 0 Å². The van der Waals surface area contributed by atoms with Crippen molar-refractivity contribution in [3.05, 3.63) is 41.2 Å². The number of carbonyl (C=O) groups excluding carboxylic acids is 2. The molecule has 2 amide bonds. The SMILES string of the molecule is CC(=O)Nc1ccc(NC(=O)c2n[nH]c3c2COCC3)cc1. The second kappa shape index (κ2) is 5.98. The highest BCUT2D eigenvalue weighted by Gasteiger charge is 2.22. The summed E-state index contributed by atoms with van der Waals surface area (Å²) in [7, 11) is 0. The van der Waals surface area contributed by atoms with E-state index in [2.05, 4.69) is 20.8 Å². The van der Waals surface area contributed by atoms with E-state index in [0.29, 0.717) is 30.3 Å². The number of hydrogen-bond donors (Lipinski definition) is 3. The van der Waals surface area contributed by atoms with Gasteiger partial charge >= 0.3 is 0 Å². The van der Waals surface area contributed by atoms with Crippen molar-refractivity contribution in [3.63, 3.8) is 0 Å². The number of fused-ring (bicyclic) bond motifs is 1. The van der Waals surface area contributed by atoms with Crippen LogP contribution in [0.15, 0.2) is 24.3 Å². The zero-order chi connectivity index (χ0) is 15.5. The van der Waals surface area contributed by atoms with Crippen molar-refractivity contribution in [3.8, 4) is 0 Å². The third kappa shape index (κ3) is 2.99. The van der Waals surface area contributed by atoms with Crippen LogP contribution in [-0.2, 0) is 22.6 Å². The average molecular weight is 300 g/mol. The molecule has 0 bridgehead atoms. The van der Waals surface area contributed by atoms with Crippen LogP contribution in [0, 0.1) is 0 Å². The molecule has 114 valence electrons. The lowest BCUT2D eigenvalue weighted by Gasteiger charge is -2.12. The maximum Gasteiger partial charge on any atom is 0.276 e. The van der Waals surface area contributed by atoms with E-state index < -0.39 is 0 Å². The summed E-state index contributed by atoms with van der Waals surface area (Å²) in [5.41, 5.74) is 3.44. The van der Waals surface area contributed by atoms with Crippen LogP contribution in [0.2, 0.25) is 0 Å². The molecule has 0 radical (unpaired) electrons. The Balaban J connectivity index is 1.71. The Morgan fingerprint density at radius 3 is 2.55 bits per heavy atom. The predicted octanol–water partition coefficient (Wildman–Crippen LogP) is 1.69. The van der Waals surface area contributed by atoms with Gasteiger partial charge in [0.2, 0.25) is 5.91 Å². The first-order valence-corrected chi connectivity index (χ1v) is 6.96. The summed E-state index contributed by atoms with van der Waals surface area (Å²) in [6.07, 6.45) is 0.737. The van der Waals surface area contributed by atoms with Crippen LogP contribution < -0.4 is 10.6 Å². The van der Waals surface area contributed by atoms with Gasteiger partial charge in [0, 0.05) is 36.0 Å². The van der Waals surface area contributed by atoms with Crippen LogP contribution in [0.4, 0.5) is 11.4 Å². The van der Waals surface area contributed by atoms with Gasteiger partial charge in [-0.25, -0.2) is 0 Å². The van der Waals surface area contributed by atoms with Crippen LogP contribution in [0.3, 0.4) is 0 Å². The Hall–Kier alpha value is -2.67. The minimum absolute atomic E-state index is 0.139. The molecule has 7 nitrogen and oxygen atoms in total. The molecular weight excluding hydrogens is 284 g/mol. The number of benzene rings is 1. The number of amides is 2. The van der Waals surface area contributed by atoms with Crippen LogP contribution in [0.5, 0.6) is 0 Å². The van der Waals surface area contributed by atoms with Gasteiger partial charge in [0.15, 0.2) is 5.69 Å². The number of aromatic amines is 1. The molecule has 1 aromatic carbocycles. The molecule has 1 aromatic heterocycles. The summed E-state index contributed by atoms with van der Waals surface area (Å²) >= 11 is 0. The summed E-state index contributed by atoms with van der Waals surface area (Å²) in [5, 5.41) is 12.4. The summed E-state index contributed by atoms with van der Waals surface area (Å²) in [6.45, 7) is 2.48. The summed E-state index contributed by atoms with van der Waals surface area (Å²) < 4.78 is 5.37. The molecule has 1 aliphatic rings. The fraction of sp³-hybridized carbons (Fsp3) is 0.267. The average Bonchev–Trinajstić information content (AvgIpc) is 2.93. The van der Waals surface area contributed by atoms with Crippen molar-refractivity contribution >= 4 is 23.2 Å². The Kier molecular flexibility index (Phi) is 3.88. The van der Waals surface area contributed by atoms with Crippen molar-refractivity contribution < 1.29 is 14.3 Å². The van der Waals surface area contributed by atoms with Gasteiger partial charge in [-0.1, -0.05) is 0 Å². The van der Waals surface area contributed by atoms with Gasteiger partial charge in [0.05, 0.1) is 13.2 Å². The lowest BCUT2D eigenvalue weighted by atomic mass is 10.1. The minimum atomic E-state index is -0.282. The van der Waals surface area contributed by atoms with Gasteiger partial charge in [-0.05, 0) is 24.3 Å². The number of ether oxygens (including phenoxy) is 1. The van der Waals surface area contributed by atoms with Gasteiger partial charge < -0.3 is 15.4 Å². The van der Waals surface area contributed by atoms with Crippen LogP contribution in [-0.4, -0.2) is 28.6 Å². The zero-order valence-corrected chi connectivity index (χ0v) is 12.1. The number of anilines is 2. The molecule has 3 N–H and O–H groups in total. The first kappa shape index (κ1) is 14.3. The topological polar surface area (TPSA) is 96.1 Å². The van der Waals surface area contributed by atoms with E-state index in [4.69, 9.17) is 4.74 Å². The molecule has 0 spiro atoms. The fourth-order valence-electron chi connectivity index (χ4n) is 2.33. The molecule has 1 aliphatic heterocycles. The van der Waals surface area contributed by atoms with E-state index >= 15 is 0 Å². The standard InChI is InChI=1S/C15H16N4O3/c1-9(20)16-10-2-4-11(5-3-10)17-15(21)14-12-8-22-7-6-13(12)18-19-14/h2-5H,6-8H2,1H3,(H,16,20)(H,17,21)(H,18,19). The quantitative estimate of drug-likeness (QED) is 0.803. The molecular formula is C15H16N4O3. The molecule has 0 saturated heterocycles. The molecule has 0 fully saturated rings. The van der Waals surface area contributed by atoms with Crippen molar-refractivity contribution in [1.82, 2.24) is 10.2 Å². The third-order valence-corrected chi connectivity index (χ3v) is 3.37. The molecule has 0 atom stereocenters. The molecule has 3 rings (SSSR count). The van der Waals surface area contributed by atoms with Crippen molar-refractivity contribution in [2.24, 2.45) is 0 Å². The van der Waals surface area contributed by atoms with Crippen molar-refractivity contribution in [1.29, 1.82) is 0 Å². The fourth-order valence-corrected chi connectivity index (χ4v) is 2.33. The lowest BCUT2D eigenvalue weighted by Crippen LogP contribution is -2.17. The van der Waals surface area contributed by atoms with Crippen LogP contribution in [0.1, 0.15) is 28.7 Å². The molecule has 2 aromatic rings. The van der Waals surface area contributed by atoms with Gasteiger partial charge in [0.1, 0.15) is 0 Å². The number of carbonyl (C=O) groups is 2. The number of rotatable bonds is 3. The van der Waals surface area contributed by atoms with Gasteiger partial charge in [-0.15, -0.1) is 0 Å². The van der Waals surface area contributed by atoms with Crippen molar-refractivity contribution in [2.75, 3.05) is 17.2 Å². The van der Waals surface area contributed by atoms with Gasteiger partial charge in [-0.3, -0.25) is 14.7 Å². The Bertz CT molecular complexity index is 706. The molecule has 7 heteroatoms. The number of H-pyrrole nitrogens is 1. The molecule has 0 aliphatic carbocycles. The van der Waals surface area contributed by atoms with Gasteiger partial charge in [0.25, 0.3) is 5.91 Å². The monoisotopic (exact) mass is 300 g/mol. The normalized spacial score (nSPS) is 13.3. The predicted molar refractivity (Wildman–Crippen MR) is 80.6 cm³/mol. The van der Waals surface area contributed by atoms with E-state index in [-0.39, 0.29) is 11.8 Å². The smallest absolute Gasteiger partial charge is 0.276 e. The molecule has 0 saturated carbocycles. The zero-order valence-electron chi connectivity index (χ0n) is 12.1. The molecule has 2 heterocycles. The number of aromatic nitrogens is 2. The number of hydrogen-bond acceptors (Lipinski definition) is 4. The summed E-state index contributed by atoms with van der Waals surface area (Å²) in [4.78, 5) is 23.3. The van der Waals surface area contributed by atoms with E-state index in [0.717, 1.165) is 17.7 Å². The summed E-state index contributed by atoms with van der Waals surface area (Å²) in [5.74, 6) is -0.421. The highest BCUT2D eigenvalue weighted by molar-refractivity contribution is 6.04. The second-order valence-electron chi connectivity index (χ2n) is 5.04. The van der Waals surface area contributed by atoms with Crippen LogP contribution >= 0.6 is 0 Å². The van der Waals surface area contributed by atoms with E-state index in [1.165, 1.54) is 6.92 Å². The first-order valence-electron chi connectivity index (χ1n) is 6.96. The minimum Gasteiger partial charge on any atom is -0.376 e. The highest BCUT2D eigenvalue weighted by Crippen LogP contribution is 2.20. The lowest BCUT2D eigenvalue weighted by molar-refractivity contribution is -0.114. The van der Waals surface area contributed by atoms with E-state index in [1.807, 2.05) is 0 Å². The maximum atomic E-state index is 12.3. The molecule has 22 heavy (non-hydrogen) atoms. The van der Waals surface area contributed by atoms with E-state index in [1.54, 1.807) is 24.3 Å². The van der Waals surface area contributed by atoms with Gasteiger partial charge in [-0.2, -0.15) is 5.10 Å². The Morgan fingerprint density at radius 1 is 1.18 bits per heavy atom. The maximum absolute atomic E-state index is 12.3. The summed E-state index contributed by atoms with van der Waals surface area (Å²) in [6, 6.07) is 6.89. The Morgan fingerprint density at radius 2 is 1.86 bits per heavy atom. The second-order valence-corrected chi connectivity index (χ2v) is 5.04. The first-order chi connectivity index (χ1) is 10.6. The highest BCUT2D eigenvalue weighted by atomic mass is 16.5. The third-order valence-electron chi connectivity index (χ3n) is 3.37. The van der Waals surface area contributed by atoms with E-state index in [9.17, 15) is 9.59 Å². The largest absolute Gasteiger partial charge is 0.376 e. The Labute approximate surface area is 127 Å². The number of nitrogens with one attached hydrogen (secondary N) is 3. The molecule has 0 unspecified atom stereocenters. The number of nitrogens with zero attached hydrogens (tertiary/aromatic N) is 1.